The lowest BCUT2D eigenvalue weighted by molar-refractivity contribution is -0.123. The fraction of sp³-hybridized carbons (Fsp3) is 0.227. The number of nitrogens with one attached hydrogen (secondary N) is 2. The number of hydrogen-bond donors (Lipinski definition) is 2. The van der Waals surface area contributed by atoms with Gasteiger partial charge in [0.2, 0.25) is 5.91 Å². The lowest BCUT2D eigenvalue weighted by Gasteiger charge is -2.11. The molecule has 4 rings (SSSR count). The molecule has 1 unspecified atom stereocenters. The molecule has 32 heavy (non-hydrogen) atoms. The van der Waals surface area contributed by atoms with Crippen LogP contribution in [0.3, 0.4) is 0 Å². The number of methoxy groups -OCH3 is 2. The molecule has 166 valence electrons. The minimum Gasteiger partial charge on any atom is -0.497 e. The predicted molar refractivity (Wildman–Crippen MR) is 122 cm³/mol. The highest BCUT2D eigenvalue weighted by atomic mass is 35.5. The molecule has 2 N–H and O–H groups in total. The van der Waals surface area contributed by atoms with E-state index < -0.39 is 6.04 Å². The number of aromatic nitrogens is 2. The smallest absolute Gasteiger partial charge is 0.251 e. The van der Waals surface area contributed by atoms with Gasteiger partial charge in [-0.3, -0.25) is 9.59 Å². The Balaban J connectivity index is 1.62. The fourth-order valence-corrected chi connectivity index (χ4v) is 4.04. The highest BCUT2D eigenvalue weighted by Gasteiger charge is 2.37. The van der Waals surface area contributed by atoms with Crippen LogP contribution < -0.4 is 15.4 Å². The molecule has 0 aliphatic carbocycles. The second-order valence-electron chi connectivity index (χ2n) is 7.16. The molecular formula is C22H20Cl2N4O4. The van der Waals surface area contributed by atoms with Gasteiger partial charge in [0, 0.05) is 17.7 Å². The predicted octanol–water partition coefficient (Wildman–Crippen LogP) is 4.53. The van der Waals surface area contributed by atoms with E-state index in [9.17, 15) is 9.59 Å². The Kier molecular flexibility index (Phi) is 6.36. The van der Waals surface area contributed by atoms with E-state index in [-0.39, 0.29) is 24.8 Å². The van der Waals surface area contributed by atoms with E-state index >= 15 is 0 Å². The maximum Gasteiger partial charge on any atom is 0.251 e. The Morgan fingerprint density at radius 1 is 1.19 bits per heavy atom. The number of halogens is 2. The number of benzene rings is 2. The van der Waals surface area contributed by atoms with Gasteiger partial charge < -0.3 is 20.1 Å². The Morgan fingerprint density at radius 2 is 1.94 bits per heavy atom. The van der Waals surface area contributed by atoms with Crippen LogP contribution in [0.2, 0.25) is 10.0 Å². The number of nitrogens with zero attached hydrogens (tertiary/aromatic N) is 2. The van der Waals surface area contributed by atoms with Crippen molar-refractivity contribution in [3.8, 4) is 16.9 Å². The minimum absolute atomic E-state index is 0.117. The molecule has 0 fully saturated rings. The van der Waals surface area contributed by atoms with Crippen molar-refractivity contribution in [2.24, 2.45) is 0 Å². The van der Waals surface area contributed by atoms with E-state index in [1.54, 1.807) is 31.0 Å². The lowest BCUT2D eigenvalue weighted by Crippen LogP contribution is -2.24. The number of hydrogen-bond acceptors (Lipinski definition) is 5. The van der Waals surface area contributed by atoms with Crippen LogP contribution in [0.15, 0.2) is 42.5 Å². The van der Waals surface area contributed by atoms with Gasteiger partial charge in [-0.1, -0.05) is 35.3 Å². The van der Waals surface area contributed by atoms with Crippen LogP contribution in [0.25, 0.3) is 11.1 Å². The van der Waals surface area contributed by atoms with Gasteiger partial charge in [0.15, 0.2) is 0 Å². The van der Waals surface area contributed by atoms with Crippen molar-refractivity contribution in [2.75, 3.05) is 24.9 Å². The first-order valence-corrected chi connectivity index (χ1v) is 10.5. The van der Waals surface area contributed by atoms with Crippen molar-refractivity contribution in [2.45, 2.75) is 19.1 Å². The quantitative estimate of drug-likeness (QED) is 0.524. The van der Waals surface area contributed by atoms with Gasteiger partial charge in [-0.15, -0.1) is 0 Å². The number of fused-ring (bicyclic) bond motifs is 1. The molecule has 3 aromatic rings. The number of rotatable bonds is 7. The number of anilines is 2. The summed E-state index contributed by atoms with van der Waals surface area (Å²) in [6.45, 7) is 0.247. The Labute approximate surface area is 194 Å². The monoisotopic (exact) mass is 474 g/mol. The summed E-state index contributed by atoms with van der Waals surface area (Å²) in [5.41, 5.74) is 2.65. The standard InChI is InChI=1S/C22H20Cl2N4O4/c1-31-11-17-20(12-3-6-14(32-2)7-4-12)21-26-22(30)18(28(21)27-17)10-19(29)25-16-8-5-13(23)9-15(16)24/h3-9,18H,10-11H2,1-2H3,(H,25,29)(H,26,30). The van der Waals surface area contributed by atoms with Gasteiger partial charge in [-0.05, 0) is 35.9 Å². The zero-order chi connectivity index (χ0) is 22.8. The molecule has 2 amide bonds. The highest BCUT2D eigenvalue weighted by Crippen LogP contribution is 2.39. The Hall–Kier alpha value is -3.07. The van der Waals surface area contributed by atoms with Crippen molar-refractivity contribution in [3.05, 3.63) is 58.2 Å². The SMILES string of the molecule is COCc1nn2c(c1-c1ccc(OC)cc1)NC(=O)C2CC(=O)Nc1ccc(Cl)cc1Cl. The molecule has 2 heterocycles. The Bertz CT molecular complexity index is 1180. The molecule has 1 aromatic heterocycles. The topological polar surface area (TPSA) is 94.5 Å². The molecular weight excluding hydrogens is 455 g/mol. The van der Waals surface area contributed by atoms with Crippen molar-refractivity contribution >= 4 is 46.5 Å². The van der Waals surface area contributed by atoms with Gasteiger partial charge >= 0.3 is 0 Å². The van der Waals surface area contributed by atoms with Gasteiger partial charge in [-0.2, -0.15) is 5.10 Å². The Morgan fingerprint density at radius 3 is 2.59 bits per heavy atom. The van der Waals surface area contributed by atoms with Crippen molar-refractivity contribution in [3.63, 3.8) is 0 Å². The van der Waals surface area contributed by atoms with Gasteiger partial charge in [-0.25, -0.2) is 4.68 Å². The molecule has 0 spiro atoms. The molecule has 8 nitrogen and oxygen atoms in total. The average Bonchev–Trinajstić information content (AvgIpc) is 3.25. The van der Waals surface area contributed by atoms with Crippen molar-refractivity contribution in [1.82, 2.24) is 9.78 Å². The van der Waals surface area contributed by atoms with Gasteiger partial charge in [0.25, 0.3) is 5.91 Å². The maximum atomic E-state index is 12.7. The second kappa shape index (κ2) is 9.20. The number of carbonyl (C=O) groups excluding carboxylic acids is 2. The molecule has 0 radical (unpaired) electrons. The summed E-state index contributed by atoms with van der Waals surface area (Å²) in [4.78, 5) is 25.4. The van der Waals surface area contributed by atoms with Crippen LogP contribution in [-0.2, 0) is 20.9 Å². The second-order valence-corrected chi connectivity index (χ2v) is 8.00. The molecule has 0 bridgehead atoms. The molecule has 0 saturated heterocycles. The third-order valence-corrected chi connectivity index (χ3v) is 5.61. The number of carbonyl (C=O) groups is 2. The van der Waals surface area contributed by atoms with E-state index in [0.717, 1.165) is 11.1 Å². The van der Waals surface area contributed by atoms with E-state index in [1.165, 1.54) is 6.07 Å². The summed E-state index contributed by atoms with van der Waals surface area (Å²) < 4.78 is 12.1. The summed E-state index contributed by atoms with van der Waals surface area (Å²) in [5, 5.41) is 10.9. The van der Waals surface area contributed by atoms with Gasteiger partial charge in [0.05, 0.1) is 36.5 Å². The lowest BCUT2D eigenvalue weighted by atomic mass is 10.1. The van der Waals surface area contributed by atoms with Crippen LogP contribution >= 0.6 is 23.2 Å². The van der Waals surface area contributed by atoms with Gasteiger partial charge in [0.1, 0.15) is 17.6 Å². The molecule has 2 aromatic carbocycles. The minimum atomic E-state index is -0.807. The van der Waals surface area contributed by atoms with E-state index in [4.69, 9.17) is 32.7 Å². The highest BCUT2D eigenvalue weighted by molar-refractivity contribution is 6.36. The summed E-state index contributed by atoms with van der Waals surface area (Å²) in [7, 11) is 3.16. The number of ether oxygens (including phenoxy) is 2. The average molecular weight is 475 g/mol. The normalized spacial score (nSPS) is 14.8. The zero-order valence-electron chi connectivity index (χ0n) is 17.3. The summed E-state index contributed by atoms with van der Waals surface area (Å²) in [6.07, 6.45) is -0.117. The van der Waals surface area contributed by atoms with Crippen LogP contribution in [0.4, 0.5) is 11.5 Å². The van der Waals surface area contributed by atoms with Crippen LogP contribution in [-0.4, -0.2) is 35.8 Å². The summed E-state index contributed by atoms with van der Waals surface area (Å²) in [6, 6.07) is 11.4. The molecule has 10 heteroatoms. The molecule has 0 saturated carbocycles. The van der Waals surface area contributed by atoms with Crippen molar-refractivity contribution < 1.29 is 19.1 Å². The first-order valence-electron chi connectivity index (χ1n) is 9.71. The van der Waals surface area contributed by atoms with E-state index in [1.807, 2.05) is 24.3 Å². The third-order valence-electron chi connectivity index (χ3n) is 5.07. The van der Waals surface area contributed by atoms with Crippen LogP contribution in [0, 0.1) is 0 Å². The fourth-order valence-electron chi connectivity index (χ4n) is 3.58. The first-order chi connectivity index (χ1) is 15.4. The van der Waals surface area contributed by atoms with E-state index in [0.29, 0.717) is 33.0 Å². The first kappa shape index (κ1) is 22.1. The maximum absolute atomic E-state index is 12.7. The summed E-state index contributed by atoms with van der Waals surface area (Å²) >= 11 is 12.0. The summed E-state index contributed by atoms with van der Waals surface area (Å²) in [5.74, 6) is 0.542. The van der Waals surface area contributed by atoms with Crippen LogP contribution in [0.5, 0.6) is 5.75 Å². The zero-order valence-corrected chi connectivity index (χ0v) is 18.8. The molecule has 1 aliphatic heterocycles. The van der Waals surface area contributed by atoms with Crippen LogP contribution in [0.1, 0.15) is 18.2 Å². The molecule has 1 aliphatic rings. The molecule has 1 atom stereocenters. The van der Waals surface area contributed by atoms with Crippen molar-refractivity contribution in [1.29, 1.82) is 0 Å². The number of amides is 2. The van der Waals surface area contributed by atoms with E-state index in [2.05, 4.69) is 15.7 Å². The third kappa shape index (κ3) is 4.29. The largest absolute Gasteiger partial charge is 0.497 e.